The summed E-state index contributed by atoms with van der Waals surface area (Å²) in [5.41, 5.74) is 0.738. The molecule has 0 radical (unpaired) electrons. The zero-order valence-corrected chi connectivity index (χ0v) is 16.1. The number of nitrogens with zero attached hydrogens (tertiary/aromatic N) is 2. The number of likely N-dealkylation sites (tertiary alicyclic amines) is 2. The molecule has 3 fully saturated rings. The van der Waals surface area contributed by atoms with Crippen LogP contribution in [0.15, 0.2) is 18.2 Å². The Bertz CT molecular complexity index is 742. The Morgan fingerprint density at radius 1 is 1.33 bits per heavy atom. The van der Waals surface area contributed by atoms with E-state index in [0.29, 0.717) is 43.0 Å². The average molecular weight is 394 g/mol. The Balaban J connectivity index is 1.21. The number of hydrogen-bond donors (Lipinski definition) is 1. The van der Waals surface area contributed by atoms with E-state index in [1.54, 1.807) is 4.90 Å². The molecule has 0 atom stereocenters. The number of halogens is 1. The van der Waals surface area contributed by atoms with Crippen molar-refractivity contribution in [1.82, 2.24) is 15.1 Å². The van der Waals surface area contributed by atoms with Crippen molar-refractivity contribution in [3.8, 4) is 5.75 Å². The van der Waals surface area contributed by atoms with Crippen molar-refractivity contribution in [1.29, 1.82) is 0 Å². The second-order valence-corrected chi connectivity index (χ2v) is 8.20. The summed E-state index contributed by atoms with van der Waals surface area (Å²) >= 11 is 6.21. The zero-order valence-electron chi connectivity index (χ0n) is 15.4. The summed E-state index contributed by atoms with van der Waals surface area (Å²) in [7, 11) is 0. The minimum absolute atomic E-state index is 0.0442. The van der Waals surface area contributed by atoms with Gasteiger partial charge in [-0.3, -0.25) is 0 Å². The second-order valence-electron chi connectivity index (χ2n) is 7.80. The molecule has 0 aliphatic carbocycles. The molecule has 1 N–H and O–H groups in total. The summed E-state index contributed by atoms with van der Waals surface area (Å²) < 4.78 is 10.8. The molecule has 0 bridgehead atoms. The summed E-state index contributed by atoms with van der Waals surface area (Å²) in [6, 6.07) is 5.83. The molecule has 0 unspecified atom stereocenters. The first kappa shape index (κ1) is 18.2. The van der Waals surface area contributed by atoms with Crippen molar-refractivity contribution in [3.63, 3.8) is 0 Å². The standard InChI is InChI=1S/C19H24ClN3O4/c1-13-2-3-16(15(20)8-13)26-9-14-4-6-22(7-5-14)18(25)23-10-19(11-23)12-27-17(24)21-19/h2-3,8,14H,4-7,9-12H2,1H3,(H,21,24). The first-order valence-corrected chi connectivity index (χ1v) is 9.70. The van der Waals surface area contributed by atoms with Gasteiger partial charge in [0.15, 0.2) is 0 Å². The molecule has 3 aliphatic heterocycles. The maximum absolute atomic E-state index is 12.6. The van der Waals surface area contributed by atoms with E-state index < -0.39 is 6.09 Å². The average Bonchev–Trinajstić information content (AvgIpc) is 3.02. The van der Waals surface area contributed by atoms with Crippen LogP contribution in [0.5, 0.6) is 5.75 Å². The third-order valence-electron chi connectivity index (χ3n) is 5.55. The number of amides is 3. The van der Waals surface area contributed by atoms with E-state index in [1.807, 2.05) is 30.0 Å². The van der Waals surface area contributed by atoms with Gasteiger partial charge in [-0.15, -0.1) is 0 Å². The molecule has 1 spiro atoms. The van der Waals surface area contributed by atoms with E-state index in [2.05, 4.69) is 5.32 Å². The Morgan fingerprint density at radius 2 is 2.07 bits per heavy atom. The van der Waals surface area contributed by atoms with Gasteiger partial charge in [0.05, 0.1) is 24.7 Å². The molecule has 8 heteroatoms. The highest BCUT2D eigenvalue weighted by Gasteiger charge is 2.52. The van der Waals surface area contributed by atoms with Crippen LogP contribution in [0.1, 0.15) is 18.4 Å². The molecular weight excluding hydrogens is 370 g/mol. The molecule has 146 valence electrons. The number of aryl methyl sites for hydroxylation is 1. The fourth-order valence-electron chi connectivity index (χ4n) is 3.90. The smallest absolute Gasteiger partial charge is 0.407 e. The lowest BCUT2D eigenvalue weighted by Gasteiger charge is -2.48. The molecule has 3 saturated heterocycles. The van der Waals surface area contributed by atoms with Crippen LogP contribution in [0, 0.1) is 12.8 Å². The van der Waals surface area contributed by atoms with Crippen molar-refractivity contribution < 1.29 is 19.1 Å². The lowest BCUT2D eigenvalue weighted by atomic mass is 9.91. The van der Waals surface area contributed by atoms with Gasteiger partial charge < -0.3 is 24.6 Å². The largest absolute Gasteiger partial charge is 0.492 e. The van der Waals surface area contributed by atoms with Gasteiger partial charge in [0.1, 0.15) is 17.9 Å². The van der Waals surface area contributed by atoms with Gasteiger partial charge in [-0.1, -0.05) is 17.7 Å². The van der Waals surface area contributed by atoms with Gasteiger partial charge in [0.2, 0.25) is 0 Å². The SMILES string of the molecule is Cc1ccc(OCC2CCN(C(=O)N3CC4(COC(=O)N4)C3)CC2)c(Cl)c1. The molecule has 0 aromatic heterocycles. The summed E-state index contributed by atoms with van der Waals surface area (Å²) in [5.74, 6) is 1.13. The molecule has 3 amide bonds. The molecule has 27 heavy (non-hydrogen) atoms. The highest BCUT2D eigenvalue weighted by molar-refractivity contribution is 6.32. The summed E-state index contributed by atoms with van der Waals surface area (Å²) in [5, 5.41) is 3.44. The van der Waals surface area contributed by atoms with Crippen LogP contribution in [0.2, 0.25) is 5.02 Å². The predicted octanol–water partition coefficient (Wildman–Crippen LogP) is 2.65. The lowest BCUT2D eigenvalue weighted by Crippen LogP contribution is -2.71. The zero-order chi connectivity index (χ0) is 19.0. The number of ether oxygens (including phenoxy) is 2. The number of cyclic esters (lactones) is 1. The van der Waals surface area contributed by atoms with Crippen molar-refractivity contribution in [3.05, 3.63) is 28.8 Å². The maximum atomic E-state index is 12.6. The van der Waals surface area contributed by atoms with Crippen molar-refractivity contribution in [2.45, 2.75) is 25.3 Å². The Morgan fingerprint density at radius 3 is 2.70 bits per heavy atom. The van der Waals surface area contributed by atoms with Crippen LogP contribution in [-0.4, -0.2) is 66.9 Å². The number of benzene rings is 1. The van der Waals surface area contributed by atoms with Gasteiger partial charge in [0.25, 0.3) is 0 Å². The van der Waals surface area contributed by atoms with Crippen molar-refractivity contribution in [2.24, 2.45) is 5.92 Å². The van der Waals surface area contributed by atoms with Gasteiger partial charge in [-0.25, -0.2) is 9.59 Å². The topological polar surface area (TPSA) is 71.1 Å². The molecule has 0 saturated carbocycles. The van der Waals surface area contributed by atoms with Crippen LogP contribution in [-0.2, 0) is 4.74 Å². The van der Waals surface area contributed by atoms with Crippen LogP contribution < -0.4 is 10.1 Å². The predicted molar refractivity (Wildman–Crippen MR) is 100 cm³/mol. The van der Waals surface area contributed by atoms with E-state index in [9.17, 15) is 9.59 Å². The minimum atomic E-state index is -0.392. The van der Waals surface area contributed by atoms with E-state index >= 15 is 0 Å². The number of piperidine rings is 1. The third kappa shape index (κ3) is 3.78. The van der Waals surface area contributed by atoms with Crippen LogP contribution in [0.3, 0.4) is 0 Å². The first-order chi connectivity index (χ1) is 12.9. The van der Waals surface area contributed by atoms with E-state index in [0.717, 1.165) is 31.5 Å². The lowest BCUT2D eigenvalue weighted by molar-refractivity contribution is 0.0452. The second kappa shape index (κ2) is 7.11. The Kier molecular flexibility index (Phi) is 4.80. The van der Waals surface area contributed by atoms with E-state index in [1.165, 1.54) is 0 Å². The van der Waals surface area contributed by atoms with Gasteiger partial charge in [-0.05, 0) is 43.4 Å². The van der Waals surface area contributed by atoms with Crippen molar-refractivity contribution >= 4 is 23.7 Å². The third-order valence-corrected chi connectivity index (χ3v) is 5.85. The number of alkyl carbamates (subject to hydrolysis) is 1. The van der Waals surface area contributed by atoms with Gasteiger partial charge in [0, 0.05) is 13.1 Å². The fraction of sp³-hybridized carbons (Fsp3) is 0.579. The normalized spacial score (nSPS) is 21.6. The number of nitrogens with one attached hydrogen (secondary N) is 1. The van der Waals surface area contributed by atoms with E-state index in [4.69, 9.17) is 21.1 Å². The Labute approximate surface area is 163 Å². The van der Waals surface area contributed by atoms with Gasteiger partial charge >= 0.3 is 12.1 Å². The minimum Gasteiger partial charge on any atom is -0.492 e. The van der Waals surface area contributed by atoms with Gasteiger partial charge in [-0.2, -0.15) is 0 Å². The highest BCUT2D eigenvalue weighted by Crippen LogP contribution is 2.29. The number of carbonyl (C=O) groups excluding carboxylic acids is 2. The highest BCUT2D eigenvalue weighted by atomic mass is 35.5. The molecule has 1 aromatic rings. The monoisotopic (exact) mass is 393 g/mol. The molecule has 3 aliphatic rings. The molecule has 4 rings (SSSR count). The van der Waals surface area contributed by atoms with E-state index in [-0.39, 0.29) is 11.6 Å². The molecular formula is C19H24ClN3O4. The Hall–Kier alpha value is -2.15. The quantitative estimate of drug-likeness (QED) is 0.857. The molecule has 1 aromatic carbocycles. The summed E-state index contributed by atoms with van der Waals surface area (Å²) in [4.78, 5) is 27.5. The number of carbonyl (C=O) groups is 2. The molecule has 3 heterocycles. The number of rotatable bonds is 3. The van der Waals surface area contributed by atoms with Crippen LogP contribution in [0.4, 0.5) is 9.59 Å². The summed E-state index contributed by atoms with van der Waals surface area (Å²) in [6.07, 6.45) is 1.43. The maximum Gasteiger partial charge on any atom is 0.407 e. The first-order valence-electron chi connectivity index (χ1n) is 9.32. The number of urea groups is 1. The summed E-state index contributed by atoms with van der Waals surface area (Å²) in [6.45, 7) is 5.44. The number of hydrogen-bond acceptors (Lipinski definition) is 4. The fourth-order valence-corrected chi connectivity index (χ4v) is 4.19. The van der Waals surface area contributed by atoms with Crippen LogP contribution >= 0.6 is 11.6 Å². The van der Waals surface area contributed by atoms with Crippen molar-refractivity contribution in [2.75, 3.05) is 39.4 Å². The molecule has 7 nitrogen and oxygen atoms in total. The van der Waals surface area contributed by atoms with Crippen LogP contribution in [0.25, 0.3) is 0 Å².